The van der Waals surface area contributed by atoms with Gasteiger partial charge in [0.15, 0.2) is 0 Å². The van der Waals surface area contributed by atoms with Crippen LogP contribution in [0.4, 0.5) is 0 Å². The van der Waals surface area contributed by atoms with Crippen LogP contribution >= 0.6 is 0 Å². The Morgan fingerprint density at radius 1 is 1.17 bits per heavy atom. The molecule has 0 aliphatic carbocycles. The van der Waals surface area contributed by atoms with Gasteiger partial charge in [0.05, 0.1) is 0 Å². The monoisotopic (exact) mass is 391 g/mol. The molecular weight excluding hydrogens is 370 g/mol. The summed E-state index contributed by atoms with van der Waals surface area (Å²) in [6.07, 6.45) is 3.54. The van der Waals surface area contributed by atoms with Crippen LogP contribution in [0.15, 0.2) is 58.1 Å². The number of carbonyl (C=O) groups excluding carboxylic acids is 1. The standard InChI is InChI=1S/C21H21N5O3/c1-13(2)11-26-8-6-14(10-19(26)28)21-23-20(24-29-21)16-4-3-5-17-15(16)7-9-25(17)12-18(22)27/h3-10,13H,11-12H2,1-2H3,(H2,22,27). The first-order valence-electron chi connectivity index (χ1n) is 9.33. The third-order valence-corrected chi connectivity index (χ3v) is 4.61. The molecule has 0 fully saturated rings. The first-order chi connectivity index (χ1) is 13.9. The topological polar surface area (TPSA) is 109 Å². The number of fused-ring (bicyclic) bond motifs is 1. The van der Waals surface area contributed by atoms with Gasteiger partial charge in [0.2, 0.25) is 11.7 Å². The molecule has 0 radical (unpaired) electrons. The maximum atomic E-state index is 12.3. The number of pyridine rings is 1. The Bertz CT molecular complexity index is 1250. The molecule has 148 valence electrons. The number of hydrogen-bond acceptors (Lipinski definition) is 5. The Labute approximate surface area is 166 Å². The first-order valence-corrected chi connectivity index (χ1v) is 9.33. The van der Waals surface area contributed by atoms with Crippen molar-refractivity contribution in [2.45, 2.75) is 26.9 Å². The second-order valence-electron chi connectivity index (χ2n) is 7.37. The van der Waals surface area contributed by atoms with E-state index in [0.29, 0.717) is 23.9 Å². The summed E-state index contributed by atoms with van der Waals surface area (Å²) in [5.74, 6) is 0.647. The third kappa shape index (κ3) is 3.69. The highest BCUT2D eigenvalue weighted by Crippen LogP contribution is 2.29. The minimum atomic E-state index is -0.415. The van der Waals surface area contributed by atoms with E-state index in [1.165, 1.54) is 6.07 Å². The Hall–Kier alpha value is -3.68. The molecule has 2 N–H and O–H groups in total. The molecular formula is C21H21N5O3. The summed E-state index contributed by atoms with van der Waals surface area (Å²) < 4.78 is 8.85. The molecule has 0 saturated heterocycles. The van der Waals surface area contributed by atoms with Crippen molar-refractivity contribution in [3.63, 3.8) is 0 Å². The first kappa shape index (κ1) is 18.7. The van der Waals surface area contributed by atoms with Gasteiger partial charge in [0, 0.05) is 47.0 Å². The molecule has 4 aromatic rings. The smallest absolute Gasteiger partial charge is 0.258 e. The highest BCUT2D eigenvalue weighted by Gasteiger charge is 2.15. The van der Waals surface area contributed by atoms with Gasteiger partial charge in [0.1, 0.15) is 6.54 Å². The third-order valence-electron chi connectivity index (χ3n) is 4.61. The maximum absolute atomic E-state index is 12.3. The maximum Gasteiger partial charge on any atom is 0.258 e. The largest absolute Gasteiger partial charge is 0.368 e. The summed E-state index contributed by atoms with van der Waals surface area (Å²) in [5.41, 5.74) is 7.40. The summed E-state index contributed by atoms with van der Waals surface area (Å²) in [6, 6.07) is 10.8. The van der Waals surface area contributed by atoms with E-state index < -0.39 is 5.91 Å². The van der Waals surface area contributed by atoms with Gasteiger partial charge in [-0.2, -0.15) is 4.98 Å². The average molecular weight is 391 g/mol. The van der Waals surface area contributed by atoms with Crippen molar-refractivity contribution in [3.05, 3.63) is 59.1 Å². The molecule has 8 nitrogen and oxygen atoms in total. The van der Waals surface area contributed by atoms with Gasteiger partial charge < -0.3 is 19.4 Å². The fourth-order valence-electron chi connectivity index (χ4n) is 3.36. The number of rotatable bonds is 6. The average Bonchev–Trinajstić information content (AvgIpc) is 3.30. The Morgan fingerprint density at radius 2 is 1.97 bits per heavy atom. The molecule has 0 saturated carbocycles. The van der Waals surface area contributed by atoms with Crippen molar-refractivity contribution in [3.8, 4) is 22.8 Å². The van der Waals surface area contributed by atoms with E-state index in [-0.39, 0.29) is 18.0 Å². The van der Waals surface area contributed by atoms with Crippen molar-refractivity contribution in [1.82, 2.24) is 19.3 Å². The van der Waals surface area contributed by atoms with Gasteiger partial charge in [-0.15, -0.1) is 0 Å². The van der Waals surface area contributed by atoms with E-state index in [9.17, 15) is 9.59 Å². The lowest BCUT2D eigenvalue weighted by Gasteiger charge is -2.08. The van der Waals surface area contributed by atoms with E-state index >= 15 is 0 Å². The highest BCUT2D eigenvalue weighted by molar-refractivity contribution is 5.94. The molecule has 0 unspecified atom stereocenters. The van der Waals surface area contributed by atoms with Gasteiger partial charge in [-0.1, -0.05) is 31.1 Å². The molecule has 3 aromatic heterocycles. The number of benzene rings is 1. The molecule has 0 bridgehead atoms. The van der Waals surface area contributed by atoms with E-state index in [0.717, 1.165) is 16.5 Å². The second-order valence-corrected chi connectivity index (χ2v) is 7.37. The van der Waals surface area contributed by atoms with Crippen LogP contribution in [-0.2, 0) is 17.9 Å². The number of hydrogen-bond donors (Lipinski definition) is 1. The van der Waals surface area contributed by atoms with Crippen LogP contribution in [0.3, 0.4) is 0 Å². The zero-order valence-corrected chi connectivity index (χ0v) is 16.2. The summed E-state index contributed by atoms with van der Waals surface area (Å²) >= 11 is 0. The Balaban J connectivity index is 1.70. The van der Waals surface area contributed by atoms with Crippen LogP contribution in [0.5, 0.6) is 0 Å². The number of nitrogens with zero attached hydrogens (tertiary/aromatic N) is 4. The molecule has 29 heavy (non-hydrogen) atoms. The van der Waals surface area contributed by atoms with E-state index in [4.69, 9.17) is 10.3 Å². The molecule has 3 heterocycles. The van der Waals surface area contributed by atoms with Crippen LogP contribution in [0, 0.1) is 5.92 Å². The van der Waals surface area contributed by atoms with Crippen molar-refractivity contribution in [2.75, 3.05) is 0 Å². The van der Waals surface area contributed by atoms with E-state index in [2.05, 4.69) is 24.0 Å². The number of amides is 1. The number of carbonyl (C=O) groups is 1. The van der Waals surface area contributed by atoms with Gasteiger partial charge in [-0.25, -0.2) is 0 Å². The lowest BCUT2D eigenvalue weighted by atomic mass is 10.1. The van der Waals surface area contributed by atoms with Crippen LogP contribution in [0.1, 0.15) is 13.8 Å². The zero-order chi connectivity index (χ0) is 20.5. The quantitative estimate of drug-likeness (QED) is 0.543. The molecule has 0 aliphatic heterocycles. The van der Waals surface area contributed by atoms with Crippen molar-refractivity contribution >= 4 is 16.8 Å². The molecule has 0 spiro atoms. The minimum Gasteiger partial charge on any atom is -0.368 e. The van der Waals surface area contributed by atoms with Crippen molar-refractivity contribution in [2.24, 2.45) is 11.7 Å². The molecule has 8 heteroatoms. The minimum absolute atomic E-state index is 0.0944. The Kier molecular flexibility index (Phi) is 4.75. The number of aromatic nitrogens is 4. The second kappa shape index (κ2) is 7.38. The SMILES string of the molecule is CC(C)Cn1ccc(-c2nc(-c3cccc4c3ccn4CC(N)=O)no2)cc1=O. The molecule has 0 aliphatic rings. The van der Waals surface area contributed by atoms with E-state index in [1.807, 2.05) is 24.3 Å². The van der Waals surface area contributed by atoms with Gasteiger partial charge in [0.25, 0.3) is 11.4 Å². The van der Waals surface area contributed by atoms with Crippen LogP contribution in [0.2, 0.25) is 0 Å². The fourth-order valence-corrected chi connectivity index (χ4v) is 3.36. The summed E-state index contributed by atoms with van der Waals surface area (Å²) in [7, 11) is 0. The van der Waals surface area contributed by atoms with Crippen molar-refractivity contribution in [1.29, 1.82) is 0 Å². The van der Waals surface area contributed by atoms with Crippen LogP contribution in [-0.4, -0.2) is 25.2 Å². The molecule has 0 atom stereocenters. The predicted octanol–water partition coefficient (Wildman–Crippen LogP) is 2.66. The zero-order valence-electron chi connectivity index (χ0n) is 16.2. The van der Waals surface area contributed by atoms with Crippen LogP contribution < -0.4 is 11.3 Å². The van der Waals surface area contributed by atoms with Crippen LogP contribution in [0.25, 0.3) is 33.7 Å². The normalized spacial score (nSPS) is 11.4. The van der Waals surface area contributed by atoms with E-state index in [1.54, 1.807) is 27.6 Å². The fraction of sp³-hybridized carbons (Fsp3) is 0.238. The van der Waals surface area contributed by atoms with Gasteiger partial charge in [-0.3, -0.25) is 9.59 Å². The lowest BCUT2D eigenvalue weighted by Crippen LogP contribution is -2.20. The molecule has 4 rings (SSSR count). The van der Waals surface area contributed by atoms with Crippen molar-refractivity contribution < 1.29 is 9.32 Å². The summed E-state index contributed by atoms with van der Waals surface area (Å²) in [5, 5.41) is 4.97. The number of primary amides is 1. The van der Waals surface area contributed by atoms with Gasteiger partial charge in [-0.05, 0) is 24.1 Å². The molecule has 1 aromatic carbocycles. The summed E-state index contributed by atoms with van der Waals surface area (Å²) in [6.45, 7) is 4.86. The highest BCUT2D eigenvalue weighted by atomic mass is 16.5. The summed E-state index contributed by atoms with van der Waals surface area (Å²) in [4.78, 5) is 28.1. The molecule has 1 amide bonds. The number of nitrogens with two attached hydrogens (primary N) is 1. The van der Waals surface area contributed by atoms with Gasteiger partial charge >= 0.3 is 0 Å². The predicted molar refractivity (Wildman–Crippen MR) is 109 cm³/mol. The Morgan fingerprint density at radius 3 is 2.69 bits per heavy atom. The lowest BCUT2D eigenvalue weighted by molar-refractivity contribution is -0.118.